The van der Waals surface area contributed by atoms with E-state index < -0.39 is 42.1 Å². The number of fused-ring (bicyclic) bond motifs is 1. The van der Waals surface area contributed by atoms with Gasteiger partial charge in [-0.3, -0.25) is 4.99 Å². The molecule has 1 saturated heterocycles. The number of hydrogen-bond acceptors (Lipinski definition) is 8. The molecule has 6 atom stereocenters. The lowest BCUT2D eigenvalue weighted by Crippen LogP contribution is -2.61. The maximum Gasteiger partial charge on any atom is 0.417 e. The fraction of sp³-hybridized carbons (Fsp3) is 0.611. The highest BCUT2D eigenvalue weighted by atomic mass is 32.2. The molecule has 29 heavy (non-hydrogen) atoms. The Morgan fingerprint density at radius 3 is 2.41 bits per heavy atom. The van der Waals surface area contributed by atoms with Crippen LogP contribution in [0, 0.1) is 0 Å². The highest BCUT2D eigenvalue weighted by Crippen LogP contribution is 2.41. The van der Waals surface area contributed by atoms with Crippen molar-refractivity contribution in [2.75, 3.05) is 21.2 Å². The summed E-state index contributed by atoms with van der Waals surface area (Å²) in [6, 6.07) is 5.53. The molecule has 1 unspecified atom stereocenters. The van der Waals surface area contributed by atoms with Crippen molar-refractivity contribution in [3.8, 4) is 5.75 Å². The van der Waals surface area contributed by atoms with E-state index in [-0.39, 0.29) is 6.61 Å². The van der Waals surface area contributed by atoms with Crippen molar-refractivity contribution in [3.63, 3.8) is 0 Å². The standard InChI is InChI=1S/C18H23F3N2O5S/c1-23(2)17-22-11-12(24)13(25)14(28-16(11)29-17)15(18(19,20)21)27-8-9-4-6-10(26-3)7-5-9/h4-7,11-16,24-25H,8H2,1-3H3/t11-,12-,13+,14?,15+,16-/m1/s1. The zero-order valence-corrected chi connectivity index (χ0v) is 16.9. The molecule has 0 saturated carbocycles. The minimum absolute atomic E-state index is 0.350. The first-order valence-electron chi connectivity index (χ1n) is 8.86. The lowest BCUT2D eigenvalue weighted by atomic mass is 9.94. The Labute approximate surface area is 170 Å². The predicted octanol–water partition coefficient (Wildman–Crippen LogP) is 1.62. The molecule has 1 aromatic rings. The average Bonchev–Trinajstić information content (AvgIpc) is 3.10. The predicted molar refractivity (Wildman–Crippen MR) is 101 cm³/mol. The molecule has 1 aromatic carbocycles. The van der Waals surface area contributed by atoms with Gasteiger partial charge in [-0.2, -0.15) is 13.2 Å². The molecule has 0 spiro atoms. The third-order valence-corrected chi connectivity index (χ3v) is 5.98. The fourth-order valence-electron chi connectivity index (χ4n) is 3.12. The number of methoxy groups -OCH3 is 1. The van der Waals surface area contributed by atoms with E-state index in [2.05, 4.69) is 4.99 Å². The van der Waals surface area contributed by atoms with Gasteiger partial charge in [0.1, 0.15) is 35.5 Å². The molecule has 11 heteroatoms. The van der Waals surface area contributed by atoms with Crippen LogP contribution in [0.1, 0.15) is 5.56 Å². The second-order valence-electron chi connectivity index (χ2n) is 6.99. The number of benzene rings is 1. The Morgan fingerprint density at radius 1 is 1.21 bits per heavy atom. The summed E-state index contributed by atoms with van der Waals surface area (Å²) in [7, 11) is 4.93. The van der Waals surface area contributed by atoms with E-state index in [1.807, 2.05) is 0 Å². The molecule has 0 amide bonds. The van der Waals surface area contributed by atoms with Crippen molar-refractivity contribution < 1.29 is 37.6 Å². The summed E-state index contributed by atoms with van der Waals surface area (Å²) in [5.41, 5.74) is -0.345. The number of alkyl halides is 3. The van der Waals surface area contributed by atoms with Gasteiger partial charge < -0.3 is 29.3 Å². The third-order valence-electron chi connectivity index (χ3n) is 4.68. The normalized spacial score (nSPS) is 30.5. The summed E-state index contributed by atoms with van der Waals surface area (Å²) in [5.74, 6) is 0.566. The highest BCUT2D eigenvalue weighted by Gasteiger charge is 2.57. The number of amidine groups is 1. The maximum atomic E-state index is 13.7. The first-order chi connectivity index (χ1) is 13.6. The van der Waals surface area contributed by atoms with Crippen molar-refractivity contribution in [2.24, 2.45) is 4.99 Å². The fourth-order valence-corrected chi connectivity index (χ4v) is 4.27. The number of hydrogen-bond donors (Lipinski definition) is 2. The van der Waals surface area contributed by atoms with Gasteiger partial charge in [-0.15, -0.1) is 0 Å². The molecule has 3 rings (SSSR count). The van der Waals surface area contributed by atoms with E-state index in [4.69, 9.17) is 14.2 Å². The summed E-state index contributed by atoms with van der Waals surface area (Å²) in [4.78, 5) is 5.91. The van der Waals surface area contributed by atoms with Gasteiger partial charge in [0.25, 0.3) is 0 Å². The van der Waals surface area contributed by atoms with Crippen molar-refractivity contribution >= 4 is 16.9 Å². The van der Waals surface area contributed by atoms with Gasteiger partial charge in [-0.05, 0) is 17.7 Å². The molecule has 2 aliphatic heterocycles. The molecule has 0 aliphatic carbocycles. The summed E-state index contributed by atoms with van der Waals surface area (Å²) >= 11 is 1.10. The van der Waals surface area contributed by atoms with E-state index in [0.29, 0.717) is 16.5 Å². The van der Waals surface area contributed by atoms with E-state index in [0.717, 1.165) is 11.8 Å². The average molecular weight is 436 g/mol. The summed E-state index contributed by atoms with van der Waals surface area (Å²) in [5, 5.41) is 21.2. The zero-order valence-electron chi connectivity index (χ0n) is 16.0. The van der Waals surface area contributed by atoms with E-state index in [1.54, 1.807) is 43.3 Å². The van der Waals surface area contributed by atoms with Gasteiger partial charge in [0, 0.05) is 14.1 Å². The monoisotopic (exact) mass is 436 g/mol. The highest BCUT2D eigenvalue weighted by molar-refractivity contribution is 8.14. The zero-order chi connectivity index (χ0) is 21.3. The van der Waals surface area contributed by atoms with Gasteiger partial charge in [0.05, 0.1) is 13.7 Å². The largest absolute Gasteiger partial charge is 0.497 e. The summed E-state index contributed by atoms with van der Waals surface area (Å²) < 4.78 is 56.8. The van der Waals surface area contributed by atoms with Crippen LogP contribution >= 0.6 is 11.8 Å². The minimum atomic E-state index is -4.81. The number of aliphatic imine (C=N–C) groups is 1. The van der Waals surface area contributed by atoms with Crippen LogP contribution in [0.3, 0.4) is 0 Å². The Morgan fingerprint density at radius 2 is 1.86 bits per heavy atom. The molecule has 2 N–H and O–H groups in total. The summed E-state index contributed by atoms with van der Waals surface area (Å²) in [6.07, 6.45) is -12.3. The Balaban J connectivity index is 1.75. The van der Waals surface area contributed by atoms with E-state index in [9.17, 15) is 23.4 Å². The van der Waals surface area contributed by atoms with Gasteiger partial charge >= 0.3 is 6.18 Å². The van der Waals surface area contributed by atoms with Gasteiger partial charge in [0.2, 0.25) is 0 Å². The van der Waals surface area contributed by atoms with Crippen LogP contribution in [0.5, 0.6) is 5.75 Å². The second-order valence-corrected chi connectivity index (χ2v) is 8.05. The number of rotatable bonds is 5. The molecule has 2 aliphatic rings. The number of ether oxygens (including phenoxy) is 3. The van der Waals surface area contributed by atoms with Crippen molar-refractivity contribution in [2.45, 2.75) is 48.7 Å². The minimum Gasteiger partial charge on any atom is -0.497 e. The van der Waals surface area contributed by atoms with Gasteiger partial charge in [-0.1, -0.05) is 23.9 Å². The quantitative estimate of drug-likeness (QED) is 0.726. The number of halogens is 3. The van der Waals surface area contributed by atoms with Gasteiger partial charge in [-0.25, -0.2) is 0 Å². The number of nitrogens with zero attached hydrogens (tertiary/aromatic N) is 2. The Bertz CT molecular complexity index is 731. The van der Waals surface area contributed by atoms with Crippen molar-refractivity contribution in [1.82, 2.24) is 4.90 Å². The molecular formula is C18H23F3N2O5S. The topological polar surface area (TPSA) is 83.8 Å². The lowest BCUT2D eigenvalue weighted by Gasteiger charge is -2.41. The lowest BCUT2D eigenvalue weighted by molar-refractivity contribution is -0.286. The molecule has 0 radical (unpaired) electrons. The first kappa shape index (κ1) is 22.2. The van der Waals surface area contributed by atoms with Crippen LogP contribution in [-0.4, -0.2) is 83.6 Å². The first-order valence-corrected chi connectivity index (χ1v) is 9.74. The molecule has 0 aromatic heterocycles. The van der Waals surface area contributed by atoms with Gasteiger partial charge in [0.15, 0.2) is 11.3 Å². The van der Waals surface area contributed by atoms with Crippen LogP contribution in [0.2, 0.25) is 0 Å². The molecule has 0 bridgehead atoms. The Hall–Kier alpha value is -1.53. The van der Waals surface area contributed by atoms with Crippen LogP contribution in [0.25, 0.3) is 0 Å². The van der Waals surface area contributed by atoms with Crippen LogP contribution < -0.4 is 4.74 Å². The third kappa shape index (κ3) is 4.80. The van der Waals surface area contributed by atoms with Crippen LogP contribution in [0.4, 0.5) is 13.2 Å². The van der Waals surface area contributed by atoms with Crippen molar-refractivity contribution in [1.29, 1.82) is 0 Å². The van der Waals surface area contributed by atoms with E-state index >= 15 is 0 Å². The maximum absolute atomic E-state index is 13.7. The molecule has 7 nitrogen and oxygen atoms in total. The van der Waals surface area contributed by atoms with E-state index in [1.165, 1.54) is 7.11 Å². The molecular weight excluding hydrogens is 413 g/mol. The molecule has 2 heterocycles. The van der Waals surface area contributed by atoms with Crippen LogP contribution in [-0.2, 0) is 16.1 Å². The van der Waals surface area contributed by atoms with Crippen molar-refractivity contribution in [3.05, 3.63) is 29.8 Å². The molecule has 162 valence electrons. The second kappa shape index (κ2) is 8.68. The number of aliphatic hydroxyl groups excluding tert-OH is 2. The number of thioether (sulfide) groups is 1. The number of aliphatic hydroxyl groups is 2. The SMILES string of the molecule is COc1ccc(CO[C@@H](C2O[C@@H]3SC(N(C)C)=N[C@@H]3[C@@H](O)[C@@H]2O)C(F)(F)F)cc1. The summed E-state index contributed by atoms with van der Waals surface area (Å²) in [6.45, 7) is -0.350. The van der Waals surface area contributed by atoms with Crippen LogP contribution in [0.15, 0.2) is 29.3 Å². The smallest absolute Gasteiger partial charge is 0.417 e. The molecule has 1 fully saturated rings. The Kier molecular flexibility index (Phi) is 6.64.